The fourth-order valence-electron chi connectivity index (χ4n) is 4.25. The van der Waals surface area contributed by atoms with Crippen LogP contribution in [0.5, 0.6) is 34.5 Å². The van der Waals surface area contributed by atoms with E-state index in [1.807, 2.05) is 0 Å². The molecule has 0 amide bonds. The third-order valence-corrected chi connectivity index (χ3v) is 6.22. The van der Waals surface area contributed by atoms with Gasteiger partial charge in [0.05, 0.1) is 54.0 Å². The number of ketones is 1. The highest BCUT2D eigenvalue weighted by atomic mass is 16.5. The molecule has 3 aromatic carbocycles. The monoisotopic (exact) mass is 546 g/mol. The summed E-state index contributed by atoms with van der Waals surface area (Å²) in [5, 5.41) is 0. The summed E-state index contributed by atoms with van der Waals surface area (Å²) >= 11 is 0. The summed E-state index contributed by atoms with van der Waals surface area (Å²) in [6, 6.07) is 13.8. The molecule has 1 N–H and O–H groups in total. The summed E-state index contributed by atoms with van der Waals surface area (Å²) in [6.45, 7) is 0. The zero-order chi connectivity index (χ0) is 28.8. The van der Waals surface area contributed by atoms with Gasteiger partial charge in [0.1, 0.15) is 0 Å². The fourth-order valence-corrected chi connectivity index (χ4v) is 4.25. The van der Waals surface area contributed by atoms with Gasteiger partial charge in [-0.1, -0.05) is 18.2 Å². The molecule has 0 aliphatic heterocycles. The molecule has 0 saturated heterocycles. The number of carbonyl (C=O) groups is 1. The summed E-state index contributed by atoms with van der Waals surface area (Å²) < 4.78 is 33.8. The number of H-pyrrole nitrogens is 1. The second-order valence-electron chi connectivity index (χ2n) is 8.46. The van der Waals surface area contributed by atoms with Gasteiger partial charge in [0, 0.05) is 17.3 Å². The highest BCUT2D eigenvalue weighted by molar-refractivity contribution is 6.07. The Bertz CT molecular complexity index is 1570. The van der Waals surface area contributed by atoms with Gasteiger partial charge in [-0.3, -0.25) is 9.36 Å². The van der Waals surface area contributed by atoms with Gasteiger partial charge < -0.3 is 33.4 Å². The van der Waals surface area contributed by atoms with Crippen molar-refractivity contribution in [1.82, 2.24) is 9.55 Å². The molecule has 1 heterocycles. The lowest BCUT2D eigenvalue weighted by atomic mass is 10.1. The maximum Gasteiger partial charge on any atom is 0.330 e. The van der Waals surface area contributed by atoms with E-state index in [1.165, 1.54) is 53.3 Å². The average molecular weight is 547 g/mol. The van der Waals surface area contributed by atoms with Crippen molar-refractivity contribution in [2.24, 2.45) is 0 Å². The van der Waals surface area contributed by atoms with E-state index >= 15 is 0 Å². The molecule has 0 aliphatic carbocycles. The smallest absolute Gasteiger partial charge is 0.330 e. The van der Waals surface area contributed by atoms with Gasteiger partial charge in [-0.05, 0) is 48.0 Å². The van der Waals surface area contributed by atoms with Crippen molar-refractivity contribution in [3.05, 3.63) is 82.4 Å². The number of hydrogen-bond acceptors (Lipinski definition) is 8. The highest BCUT2D eigenvalue weighted by Gasteiger charge is 2.17. The zero-order valence-electron chi connectivity index (χ0n) is 23.1. The predicted molar refractivity (Wildman–Crippen MR) is 151 cm³/mol. The number of hydrogen-bond donors (Lipinski definition) is 1. The molecule has 4 rings (SSSR count). The van der Waals surface area contributed by atoms with Crippen molar-refractivity contribution in [2.45, 2.75) is 0 Å². The van der Waals surface area contributed by atoms with Crippen LogP contribution in [0.1, 0.15) is 15.9 Å². The number of aromatic amines is 1. The molecular weight excluding hydrogens is 516 g/mol. The van der Waals surface area contributed by atoms with Crippen LogP contribution in [-0.4, -0.2) is 58.0 Å². The van der Waals surface area contributed by atoms with Crippen molar-refractivity contribution in [1.29, 1.82) is 0 Å². The largest absolute Gasteiger partial charge is 0.493 e. The number of ether oxygens (including phenoxy) is 6. The molecule has 0 atom stereocenters. The molecule has 1 aromatic heterocycles. The summed E-state index contributed by atoms with van der Waals surface area (Å²) in [5.41, 5.74) is 2.43. The van der Waals surface area contributed by atoms with Crippen molar-refractivity contribution in [3.8, 4) is 51.4 Å². The van der Waals surface area contributed by atoms with Gasteiger partial charge >= 0.3 is 5.69 Å². The molecule has 4 aromatic rings. The summed E-state index contributed by atoms with van der Waals surface area (Å²) in [6.07, 6.45) is 4.75. The molecule has 0 aliphatic rings. The third kappa shape index (κ3) is 5.51. The first-order valence-electron chi connectivity index (χ1n) is 12.1. The number of methoxy groups -OCH3 is 6. The number of aromatic nitrogens is 2. The number of rotatable bonds is 11. The van der Waals surface area contributed by atoms with E-state index in [4.69, 9.17) is 28.4 Å². The van der Waals surface area contributed by atoms with Crippen LogP contribution in [0.25, 0.3) is 23.0 Å². The maximum absolute atomic E-state index is 13.0. The number of nitrogens with one attached hydrogen (secondary N) is 1. The minimum atomic E-state index is -0.374. The number of imidazole rings is 1. The molecule has 10 heteroatoms. The highest BCUT2D eigenvalue weighted by Crippen LogP contribution is 2.41. The van der Waals surface area contributed by atoms with Crippen molar-refractivity contribution in [3.63, 3.8) is 0 Å². The van der Waals surface area contributed by atoms with Gasteiger partial charge in [0.2, 0.25) is 11.5 Å². The molecule has 0 saturated carbocycles. The van der Waals surface area contributed by atoms with Gasteiger partial charge in [0.15, 0.2) is 28.8 Å². The summed E-state index contributed by atoms with van der Waals surface area (Å²) in [7, 11) is 9.14. The first-order chi connectivity index (χ1) is 19.4. The summed E-state index contributed by atoms with van der Waals surface area (Å²) in [5.74, 6) is 2.53. The molecule has 0 bridgehead atoms. The van der Waals surface area contributed by atoms with Crippen molar-refractivity contribution >= 4 is 11.9 Å². The van der Waals surface area contributed by atoms with Crippen LogP contribution in [0.2, 0.25) is 0 Å². The molecule has 40 heavy (non-hydrogen) atoms. The van der Waals surface area contributed by atoms with Gasteiger partial charge in [-0.15, -0.1) is 0 Å². The van der Waals surface area contributed by atoms with Crippen molar-refractivity contribution < 1.29 is 33.2 Å². The van der Waals surface area contributed by atoms with Crippen LogP contribution in [0.3, 0.4) is 0 Å². The summed E-state index contributed by atoms with van der Waals surface area (Å²) in [4.78, 5) is 28.8. The Hall–Kier alpha value is -5.12. The zero-order valence-corrected chi connectivity index (χ0v) is 23.1. The second kappa shape index (κ2) is 12.2. The normalized spacial score (nSPS) is 10.8. The number of nitrogens with zero attached hydrogens (tertiary/aromatic N) is 1. The number of carbonyl (C=O) groups excluding carboxylic acids is 1. The Kier molecular flexibility index (Phi) is 8.48. The van der Waals surface area contributed by atoms with E-state index in [-0.39, 0.29) is 11.5 Å². The molecule has 0 unspecified atom stereocenters. The molecular formula is C30H30N2O8. The Labute approximate surface area is 231 Å². The van der Waals surface area contributed by atoms with Gasteiger partial charge in [0.25, 0.3) is 0 Å². The second-order valence-corrected chi connectivity index (χ2v) is 8.46. The first-order valence-corrected chi connectivity index (χ1v) is 12.1. The van der Waals surface area contributed by atoms with Crippen LogP contribution >= 0.6 is 0 Å². The minimum Gasteiger partial charge on any atom is -0.493 e. The molecule has 0 radical (unpaired) electrons. The van der Waals surface area contributed by atoms with Crippen molar-refractivity contribution in [2.75, 3.05) is 42.7 Å². The van der Waals surface area contributed by atoms with Crippen LogP contribution < -0.4 is 34.1 Å². The number of allylic oxidation sites excluding steroid dienone is 1. The Morgan fingerprint density at radius 2 is 1.30 bits per heavy atom. The average Bonchev–Trinajstić information content (AvgIpc) is 3.39. The Balaban J connectivity index is 1.64. The molecule has 0 spiro atoms. The topological polar surface area (TPSA) is 110 Å². The quantitative estimate of drug-likeness (QED) is 0.211. The Morgan fingerprint density at radius 1 is 0.750 bits per heavy atom. The standard InChI is InChI=1S/C30H30N2O8/c1-35-24-12-18(13-25(36-2)28(24)39-5)10-11-23(33)19-8-7-9-21(14-19)32-17-22(31-30(32)34)20-15-26(37-3)29(40-6)27(16-20)38-4/h7-17H,1-6H3,(H,31,34). The van der Waals surface area contributed by atoms with E-state index in [0.717, 1.165) is 0 Å². The van der Waals surface area contributed by atoms with E-state index in [1.54, 1.807) is 60.8 Å². The molecule has 208 valence electrons. The van der Waals surface area contributed by atoms with Crippen LogP contribution in [0.4, 0.5) is 0 Å². The third-order valence-electron chi connectivity index (χ3n) is 6.22. The maximum atomic E-state index is 13.0. The van der Waals surface area contributed by atoms with Gasteiger partial charge in [-0.25, -0.2) is 4.79 Å². The lowest BCUT2D eigenvalue weighted by Crippen LogP contribution is -2.14. The first kappa shape index (κ1) is 27.9. The lowest BCUT2D eigenvalue weighted by molar-refractivity contribution is 0.104. The van der Waals surface area contributed by atoms with Crippen LogP contribution in [0, 0.1) is 0 Å². The van der Waals surface area contributed by atoms with E-state index in [0.29, 0.717) is 62.6 Å². The van der Waals surface area contributed by atoms with Crippen LogP contribution in [-0.2, 0) is 0 Å². The lowest BCUT2D eigenvalue weighted by Gasteiger charge is -2.13. The minimum absolute atomic E-state index is 0.246. The van der Waals surface area contributed by atoms with E-state index < -0.39 is 0 Å². The molecule has 10 nitrogen and oxygen atoms in total. The SMILES string of the molecule is COc1cc(C=CC(=O)c2cccc(-n3cc(-c4cc(OC)c(OC)c(OC)c4)[nH]c3=O)c2)cc(OC)c1OC. The van der Waals surface area contributed by atoms with Gasteiger partial charge in [-0.2, -0.15) is 0 Å². The molecule has 0 fully saturated rings. The van der Waals surface area contributed by atoms with E-state index in [9.17, 15) is 9.59 Å². The Morgan fingerprint density at radius 3 is 1.82 bits per heavy atom. The predicted octanol–water partition coefficient (Wildman–Crippen LogP) is 4.78. The van der Waals surface area contributed by atoms with E-state index in [2.05, 4.69) is 4.98 Å². The number of benzene rings is 3. The fraction of sp³-hybridized carbons (Fsp3) is 0.200. The van der Waals surface area contributed by atoms with Crippen LogP contribution in [0.15, 0.2) is 65.6 Å².